The quantitative estimate of drug-likeness (QED) is 0.846. The van der Waals surface area contributed by atoms with Crippen LogP contribution in [0.5, 0.6) is 5.75 Å². The molecule has 0 aliphatic carbocycles. The summed E-state index contributed by atoms with van der Waals surface area (Å²) < 4.78 is 5.34. The van der Waals surface area contributed by atoms with E-state index in [1.165, 1.54) is 16.8 Å². The number of anilines is 1. The average Bonchev–Trinajstić information content (AvgIpc) is 2.45. The van der Waals surface area contributed by atoms with Gasteiger partial charge in [-0.3, -0.25) is 4.90 Å². The van der Waals surface area contributed by atoms with Crippen molar-refractivity contribution < 1.29 is 4.74 Å². The number of methoxy groups -OCH3 is 1. The molecule has 0 aromatic heterocycles. The number of ether oxygens (including phenoxy) is 1. The Balaban J connectivity index is 1.87. The molecule has 1 saturated heterocycles. The Hall–Kier alpha value is -1.26. The van der Waals surface area contributed by atoms with Crippen LogP contribution in [0.4, 0.5) is 5.69 Å². The zero-order valence-corrected chi connectivity index (χ0v) is 12.3. The number of hydrogen-bond donors (Lipinski definition) is 2. The fourth-order valence-electron chi connectivity index (χ4n) is 2.49. The van der Waals surface area contributed by atoms with Crippen LogP contribution in [0.25, 0.3) is 0 Å². The van der Waals surface area contributed by atoms with E-state index in [4.69, 9.17) is 4.74 Å². The van der Waals surface area contributed by atoms with E-state index in [9.17, 15) is 0 Å². The van der Waals surface area contributed by atoms with E-state index in [0.717, 1.165) is 45.0 Å². The van der Waals surface area contributed by atoms with Crippen molar-refractivity contribution in [3.63, 3.8) is 0 Å². The molecule has 106 valence electrons. The molecule has 0 unspecified atom stereocenters. The SMILES string of the molecule is COc1ccc(NCCN2CCNCC2)c(C)c1C. The summed E-state index contributed by atoms with van der Waals surface area (Å²) in [5, 5.41) is 6.91. The van der Waals surface area contributed by atoms with Crippen LogP contribution in [-0.2, 0) is 0 Å². The van der Waals surface area contributed by atoms with Crippen LogP contribution in [0, 0.1) is 13.8 Å². The standard InChI is InChI=1S/C15H25N3O/c1-12-13(2)15(19-3)5-4-14(12)17-8-11-18-9-6-16-7-10-18/h4-5,16-17H,6-11H2,1-3H3. The van der Waals surface area contributed by atoms with Crippen LogP contribution < -0.4 is 15.4 Å². The second kappa shape index (κ2) is 6.78. The lowest BCUT2D eigenvalue weighted by molar-refractivity contribution is 0.249. The van der Waals surface area contributed by atoms with E-state index in [1.807, 2.05) is 6.07 Å². The van der Waals surface area contributed by atoms with Gasteiger partial charge in [0.05, 0.1) is 7.11 Å². The molecule has 0 saturated carbocycles. The van der Waals surface area contributed by atoms with Crippen molar-refractivity contribution in [3.8, 4) is 5.75 Å². The number of piperazine rings is 1. The smallest absolute Gasteiger partial charge is 0.122 e. The highest BCUT2D eigenvalue weighted by Gasteiger charge is 2.09. The van der Waals surface area contributed by atoms with Crippen molar-refractivity contribution in [1.82, 2.24) is 10.2 Å². The third kappa shape index (κ3) is 3.61. The molecule has 1 aliphatic heterocycles. The zero-order valence-electron chi connectivity index (χ0n) is 12.3. The Kier molecular flexibility index (Phi) is 5.05. The Morgan fingerprint density at radius 2 is 1.95 bits per heavy atom. The second-order valence-electron chi connectivity index (χ2n) is 5.08. The van der Waals surface area contributed by atoms with Gasteiger partial charge in [-0.25, -0.2) is 0 Å². The van der Waals surface area contributed by atoms with E-state index in [1.54, 1.807) is 7.11 Å². The molecule has 2 N–H and O–H groups in total. The molecule has 0 radical (unpaired) electrons. The lowest BCUT2D eigenvalue weighted by Gasteiger charge is -2.27. The van der Waals surface area contributed by atoms with E-state index in [0.29, 0.717) is 0 Å². The zero-order chi connectivity index (χ0) is 13.7. The van der Waals surface area contributed by atoms with Gasteiger partial charge < -0.3 is 15.4 Å². The van der Waals surface area contributed by atoms with E-state index in [2.05, 4.69) is 35.4 Å². The number of benzene rings is 1. The molecular weight excluding hydrogens is 238 g/mol. The van der Waals surface area contributed by atoms with Gasteiger partial charge in [0.15, 0.2) is 0 Å². The predicted molar refractivity (Wildman–Crippen MR) is 80.3 cm³/mol. The van der Waals surface area contributed by atoms with Gasteiger partial charge in [-0.1, -0.05) is 0 Å². The molecule has 0 spiro atoms. The van der Waals surface area contributed by atoms with E-state index in [-0.39, 0.29) is 0 Å². The molecule has 1 aromatic rings. The highest BCUT2D eigenvalue weighted by molar-refractivity contribution is 5.58. The molecule has 0 amide bonds. The first kappa shape index (κ1) is 14.2. The van der Waals surface area contributed by atoms with Crippen molar-refractivity contribution in [3.05, 3.63) is 23.3 Å². The first-order valence-corrected chi connectivity index (χ1v) is 7.03. The van der Waals surface area contributed by atoms with Crippen LogP contribution in [0.1, 0.15) is 11.1 Å². The Morgan fingerprint density at radius 1 is 1.21 bits per heavy atom. The molecule has 1 fully saturated rings. The predicted octanol–water partition coefficient (Wildman–Crippen LogP) is 1.63. The van der Waals surface area contributed by atoms with Crippen LogP contribution in [-0.4, -0.2) is 51.3 Å². The monoisotopic (exact) mass is 263 g/mol. The molecule has 2 rings (SSSR count). The minimum Gasteiger partial charge on any atom is -0.496 e. The van der Waals surface area contributed by atoms with Gasteiger partial charge in [-0.15, -0.1) is 0 Å². The summed E-state index contributed by atoms with van der Waals surface area (Å²) in [6, 6.07) is 4.15. The normalized spacial score (nSPS) is 16.4. The van der Waals surface area contributed by atoms with Gasteiger partial charge in [0.25, 0.3) is 0 Å². The van der Waals surface area contributed by atoms with Crippen molar-refractivity contribution in [2.45, 2.75) is 13.8 Å². The van der Waals surface area contributed by atoms with Crippen molar-refractivity contribution in [2.75, 3.05) is 51.7 Å². The Morgan fingerprint density at radius 3 is 2.63 bits per heavy atom. The average molecular weight is 263 g/mol. The molecule has 4 heteroatoms. The van der Waals surface area contributed by atoms with Crippen molar-refractivity contribution in [1.29, 1.82) is 0 Å². The summed E-state index contributed by atoms with van der Waals surface area (Å²) in [5.41, 5.74) is 3.71. The topological polar surface area (TPSA) is 36.5 Å². The first-order valence-electron chi connectivity index (χ1n) is 7.03. The number of nitrogens with zero attached hydrogens (tertiary/aromatic N) is 1. The lowest BCUT2D eigenvalue weighted by atomic mass is 10.1. The summed E-state index contributed by atoms with van der Waals surface area (Å²) in [7, 11) is 1.72. The van der Waals surface area contributed by atoms with E-state index < -0.39 is 0 Å². The molecule has 1 heterocycles. The Labute approximate surface area is 116 Å². The number of hydrogen-bond acceptors (Lipinski definition) is 4. The van der Waals surface area contributed by atoms with Gasteiger partial charge in [-0.05, 0) is 37.1 Å². The molecule has 1 aliphatic rings. The summed E-state index contributed by atoms with van der Waals surface area (Å²) in [6.45, 7) is 10.9. The van der Waals surface area contributed by atoms with Gasteiger partial charge in [-0.2, -0.15) is 0 Å². The highest BCUT2D eigenvalue weighted by atomic mass is 16.5. The number of nitrogens with one attached hydrogen (secondary N) is 2. The van der Waals surface area contributed by atoms with Crippen molar-refractivity contribution >= 4 is 5.69 Å². The van der Waals surface area contributed by atoms with Crippen LogP contribution in [0.15, 0.2) is 12.1 Å². The maximum atomic E-state index is 5.34. The minimum atomic E-state index is 0.963. The molecular formula is C15H25N3O. The second-order valence-corrected chi connectivity index (χ2v) is 5.08. The fourth-order valence-corrected chi connectivity index (χ4v) is 2.49. The van der Waals surface area contributed by atoms with Gasteiger partial charge in [0, 0.05) is 45.0 Å². The highest BCUT2D eigenvalue weighted by Crippen LogP contribution is 2.26. The summed E-state index contributed by atoms with van der Waals surface area (Å²) >= 11 is 0. The third-order valence-electron chi connectivity index (χ3n) is 3.91. The minimum absolute atomic E-state index is 0.963. The first-order chi connectivity index (χ1) is 9.22. The summed E-state index contributed by atoms with van der Waals surface area (Å²) in [5.74, 6) is 0.963. The number of rotatable bonds is 5. The molecule has 0 bridgehead atoms. The molecule has 0 atom stereocenters. The van der Waals surface area contributed by atoms with Crippen LogP contribution in [0.2, 0.25) is 0 Å². The largest absolute Gasteiger partial charge is 0.496 e. The lowest BCUT2D eigenvalue weighted by Crippen LogP contribution is -2.45. The fraction of sp³-hybridized carbons (Fsp3) is 0.600. The third-order valence-corrected chi connectivity index (χ3v) is 3.91. The molecule has 4 nitrogen and oxygen atoms in total. The Bertz CT molecular complexity index is 414. The van der Waals surface area contributed by atoms with Gasteiger partial charge >= 0.3 is 0 Å². The van der Waals surface area contributed by atoms with Crippen LogP contribution >= 0.6 is 0 Å². The molecule has 19 heavy (non-hydrogen) atoms. The summed E-state index contributed by atoms with van der Waals surface area (Å²) in [4.78, 5) is 2.50. The van der Waals surface area contributed by atoms with Gasteiger partial charge in [0.2, 0.25) is 0 Å². The maximum absolute atomic E-state index is 5.34. The van der Waals surface area contributed by atoms with Gasteiger partial charge in [0.1, 0.15) is 5.75 Å². The van der Waals surface area contributed by atoms with E-state index >= 15 is 0 Å². The van der Waals surface area contributed by atoms with Crippen molar-refractivity contribution in [2.24, 2.45) is 0 Å². The molecule has 1 aromatic carbocycles. The summed E-state index contributed by atoms with van der Waals surface area (Å²) in [6.07, 6.45) is 0. The maximum Gasteiger partial charge on any atom is 0.122 e. The van der Waals surface area contributed by atoms with Crippen LogP contribution in [0.3, 0.4) is 0 Å².